The molecule has 0 aliphatic heterocycles. The molecule has 0 aliphatic rings. The largest absolute Gasteiger partial charge is 0.255 e. The second kappa shape index (κ2) is 4.88. The molecule has 0 N–H and O–H groups in total. The summed E-state index contributed by atoms with van der Waals surface area (Å²) in [5.74, 6) is 0.669. The van der Waals surface area contributed by atoms with Gasteiger partial charge in [-0.05, 0) is 36.1 Å². The summed E-state index contributed by atoms with van der Waals surface area (Å²) in [5.41, 5.74) is 3.15. The zero-order valence-electron chi connectivity index (χ0n) is 9.72. The highest BCUT2D eigenvalue weighted by Gasteiger charge is 2.01. The lowest BCUT2D eigenvalue weighted by molar-refractivity contribution is 0.646. The van der Waals surface area contributed by atoms with Gasteiger partial charge in [0.2, 0.25) is 0 Å². The minimum atomic E-state index is 0.669. The van der Waals surface area contributed by atoms with Crippen LogP contribution in [0, 0.1) is 5.92 Å². The number of nitrogens with zero attached hydrogens (tertiary/aromatic N) is 2. The molecule has 0 spiro atoms. The molecule has 0 unspecified atom stereocenters. The van der Waals surface area contributed by atoms with Crippen molar-refractivity contribution in [2.75, 3.05) is 0 Å². The average molecular weight is 212 g/mol. The third-order valence-electron chi connectivity index (χ3n) is 2.40. The Morgan fingerprint density at radius 3 is 2.38 bits per heavy atom. The van der Waals surface area contributed by atoms with E-state index in [-0.39, 0.29) is 0 Å². The molecule has 2 heteroatoms. The Kier molecular flexibility index (Phi) is 3.30. The lowest BCUT2D eigenvalue weighted by Crippen LogP contribution is -1.95. The number of hydrogen-bond acceptors (Lipinski definition) is 2. The fraction of sp³-hybridized carbons (Fsp3) is 0.286. The van der Waals surface area contributed by atoms with Crippen LogP contribution in [0.3, 0.4) is 0 Å². The first kappa shape index (κ1) is 10.8. The molecule has 2 heterocycles. The summed E-state index contributed by atoms with van der Waals surface area (Å²) in [6.45, 7) is 4.43. The van der Waals surface area contributed by atoms with E-state index in [2.05, 4.69) is 29.9 Å². The maximum absolute atomic E-state index is 4.44. The van der Waals surface area contributed by atoms with Gasteiger partial charge < -0.3 is 0 Å². The van der Waals surface area contributed by atoms with Crippen molar-refractivity contribution in [3.8, 4) is 11.4 Å². The summed E-state index contributed by atoms with van der Waals surface area (Å²) in [4.78, 5) is 8.72. The van der Waals surface area contributed by atoms with Gasteiger partial charge >= 0.3 is 0 Å². The van der Waals surface area contributed by atoms with E-state index in [9.17, 15) is 0 Å². The highest BCUT2D eigenvalue weighted by molar-refractivity contribution is 5.53. The Labute approximate surface area is 96.4 Å². The van der Waals surface area contributed by atoms with Gasteiger partial charge in [-0.3, -0.25) is 9.97 Å². The molecule has 2 rings (SSSR count). The Morgan fingerprint density at radius 2 is 1.81 bits per heavy atom. The van der Waals surface area contributed by atoms with Crippen LogP contribution in [0.25, 0.3) is 11.4 Å². The van der Waals surface area contributed by atoms with Gasteiger partial charge in [0.15, 0.2) is 0 Å². The number of aromatic nitrogens is 2. The van der Waals surface area contributed by atoms with Crippen LogP contribution < -0.4 is 0 Å². The Hall–Kier alpha value is -1.70. The van der Waals surface area contributed by atoms with Crippen LogP contribution >= 0.6 is 0 Å². The van der Waals surface area contributed by atoms with E-state index in [0.29, 0.717) is 5.92 Å². The van der Waals surface area contributed by atoms with Crippen LogP contribution in [0.2, 0.25) is 0 Å². The summed E-state index contributed by atoms with van der Waals surface area (Å²) in [7, 11) is 0. The first-order chi connectivity index (χ1) is 7.75. The van der Waals surface area contributed by atoms with Gasteiger partial charge in [0.1, 0.15) is 0 Å². The summed E-state index contributed by atoms with van der Waals surface area (Å²) in [6.07, 6.45) is 4.82. The van der Waals surface area contributed by atoms with Crippen molar-refractivity contribution in [3.05, 3.63) is 48.3 Å². The molecule has 0 saturated heterocycles. The van der Waals surface area contributed by atoms with Crippen molar-refractivity contribution in [3.63, 3.8) is 0 Å². The Morgan fingerprint density at radius 1 is 1.00 bits per heavy atom. The maximum atomic E-state index is 4.44. The van der Waals surface area contributed by atoms with Crippen LogP contribution in [0.15, 0.2) is 42.7 Å². The molecule has 82 valence electrons. The third kappa shape index (κ3) is 2.66. The number of pyridine rings is 2. The molecular weight excluding hydrogens is 196 g/mol. The summed E-state index contributed by atoms with van der Waals surface area (Å²) < 4.78 is 0. The molecule has 0 aromatic carbocycles. The molecule has 0 fully saturated rings. The van der Waals surface area contributed by atoms with Crippen molar-refractivity contribution < 1.29 is 0 Å². The summed E-state index contributed by atoms with van der Waals surface area (Å²) in [5, 5.41) is 0. The normalized spacial score (nSPS) is 10.7. The zero-order chi connectivity index (χ0) is 11.4. The molecule has 2 aromatic heterocycles. The lowest BCUT2D eigenvalue weighted by Gasteiger charge is -2.05. The predicted molar refractivity (Wildman–Crippen MR) is 66.0 cm³/mol. The van der Waals surface area contributed by atoms with E-state index in [1.54, 1.807) is 6.20 Å². The molecule has 0 saturated carbocycles. The Bertz CT molecular complexity index is 432. The van der Waals surface area contributed by atoms with Crippen molar-refractivity contribution in [1.82, 2.24) is 9.97 Å². The molecular formula is C14H16N2. The quantitative estimate of drug-likeness (QED) is 0.779. The van der Waals surface area contributed by atoms with E-state index in [1.165, 1.54) is 5.56 Å². The van der Waals surface area contributed by atoms with Gasteiger partial charge in [-0.1, -0.05) is 26.0 Å². The first-order valence-corrected chi connectivity index (χ1v) is 5.62. The molecule has 2 aromatic rings. The fourth-order valence-corrected chi connectivity index (χ4v) is 1.68. The van der Waals surface area contributed by atoms with Gasteiger partial charge in [-0.25, -0.2) is 0 Å². The van der Waals surface area contributed by atoms with Crippen LogP contribution in [0.1, 0.15) is 19.4 Å². The van der Waals surface area contributed by atoms with Crippen molar-refractivity contribution in [2.45, 2.75) is 20.3 Å². The standard InChI is InChI=1S/C14H16N2/c1-11(2)9-12-6-7-14(16-10-12)13-5-3-4-8-15-13/h3-8,10-11H,9H2,1-2H3. The Balaban J connectivity index is 2.20. The van der Waals surface area contributed by atoms with Crippen LogP contribution in [0.5, 0.6) is 0 Å². The van der Waals surface area contributed by atoms with E-state index >= 15 is 0 Å². The van der Waals surface area contributed by atoms with Crippen LogP contribution in [-0.4, -0.2) is 9.97 Å². The second-order valence-electron chi connectivity index (χ2n) is 4.36. The number of hydrogen-bond donors (Lipinski definition) is 0. The van der Waals surface area contributed by atoms with Crippen LogP contribution in [0.4, 0.5) is 0 Å². The van der Waals surface area contributed by atoms with Gasteiger partial charge in [-0.15, -0.1) is 0 Å². The maximum Gasteiger partial charge on any atom is 0.0886 e. The van der Waals surface area contributed by atoms with E-state index in [1.807, 2.05) is 30.5 Å². The molecule has 0 bridgehead atoms. The van der Waals surface area contributed by atoms with Crippen molar-refractivity contribution >= 4 is 0 Å². The highest BCUT2D eigenvalue weighted by atomic mass is 14.8. The zero-order valence-corrected chi connectivity index (χ0v) is 9.72. The van der Waals surface area contributed by atoms with Gasteiger partial charge in [0.25, 0.3) is 0 Å². The topological polar surface area (TPSA) is 25.8 Å². The summed E-state index contributed by atoms with van der Waals surface area (Å²) >= 11 is 0. The van der Waals surface area contributed by atoms with E-state index in [4.69, 9.17) is 0 Å². The second-order valence-corrected chi connectivity index (χ2v) is 4.36. The number of rotatable bonds is 3. The van der Waals surface area contributed by atoms with E-state index < -0.39 is 0 Å². The molecule has 0 amide bonds. The molecule has 16 heavy (non-hydrogen) atoms. The summed E-state index contributed by atoms with van der Waals surface area (Å²) in [6, 6.07) is 10.0. The SMILES string of the molecule is CC(C)Cc1ccc(-c2ccccn2)nc1. The first-order valence-electron chi connectivity index (χ1n) is 5.62. The van der Waals surface area contributed by atoms with E-state index in [0.717, 1.165) is 17.8 Å². The minimum absolute atomic E-state index is 0.669. The monoisotopic (exact) mass is 212 g/mol. The van der Waals surface area contributed by atoms with Gasteiger partial charge in [0.05, 0.1) is 11.4 Å². The van der Waals surface area contributed by atoms with Crippen LogP contribution in [-0.2, 0) is 6.42 Å². The smallest absolute Gasteiger partial charge is 0.0886 e. The predicted octanol–water partition coefficient (Wildman–Crippen LogP) is 3.34. The average Bonchev–Trinajstić information content (AvgIpc) is 2.30. The van der Waals surface area contributed by atoms with Crippen molar-refractivity contribution in [2.24, 2.45) is 5.92 Å². The fourth-order valence-electron chi connectivity index (χ4n) is 1.68. The van der Waals surface area contributed by atoms with Gasteiger partial charge in [0, 0.05) is 12.4 Å². The molecule has 0 atom stereocenters. The molecule has 2 nitrogen and oxygen atoms in total. The third-order valence-corrected chi connectivity index (χ3v) is 2.40. The molecule has 0 aliphatic carbocycles. The highest BCUT2D eigenvalue weighted by Crippen LogP contribution is 2.14. The lowest BCUT2D eigenvalue weighted by atomic mass is 10.0. The van der Waals surface area contributed by atoms with Crippen molar-refractivity contribution in [1.29, 1.82) is 0 Å². The molecule has 0 radical (unpaired) electrons. The van der Waals surface area contributed by atoms with Gasteiger partial charge in [-0.2, -0.15) is 0 Å². The minimum Gasteiger partial charge on any atom is -0.255 e.